The maximum absolute atomic E-state index is 5.84. The first-order chi connectivity index (χ1) is 8.36. The number of pyridine rings is 1. The molecule has 1 aromatic rings. The summed E-state index contributed by atoms with van der Waals surface area (Å²) >= 11 is 3.46. The molecule has 0 bridgehead atoms. The molecule has 17 heavy (non-hydrogen) atoms. The van der Waals surface area contributed by atoms with Gasteiger partial charge in [-0.2, -0.15) is 0 Å². The highest BCUT2D eigenvalue weighted by molar-refractivity contribution is 9.10. The fraction of sp³-hybridized carbons (Fsp3) is 0.615. The zero-order chi connectivity index (χ0) is 11.9. The largest absolute Gasteiger partial charge is 0.376 e. The Kier molecular flexibility index (Phi) is 5.26. The highest BCUT2D eigenvalue weighted by atomic mass is 79.9. The number of nitrogens with zero attached hydrogens (tertiary/aromatic N) is 1. The van der Waals surface area contributed by atoms with Crippen molar-refractivity contribution in [3.8, 4) is 0 Å². The standard InChI is InChI=1S/C13H19BrN2O/c14-12-7-4-8-15-13(12)16-9-10-17-11-5-2-1-3-6-11/h4,7-8,11H,1-3,5-6,9-10H2,(H,15,16). The SMILES string of the molecule is Brc1cccnc1NCCOC1CCCCC1. The van der Waals surface area contributed by atoms with Crippen LogP contribution < -0.4 is 5.32 Å². The van der Waals surface area contributed by atoms with Crippen molar-refractivity contribution in [2.45, 2.75) is 38.2 Å². The fourth-order valence-corrected chi connectivity index (χ4v) is 2.54. The van der Waals surface area contributed by atoms with Crippen molar-refractivity contribution >= 4 is 21.7 Å². The quantitative estimate of drug-likeness (QED) is 0.843. The molecule has 2 rings (SSSR count). The first-order valence-corrected chi connectivity index (χ1v) is 7.11. The summed E-state index contributed by atoms with van der Waals surface area (Å²) in [5, 5.41) is 3.27. The van der Waals surface area contributed by atoms with Gasteiger partial charge in [-0.05, 0) is 40.9 Å². The molecule has 0 aliphatic heterocycles. The molecule has 0 unspecified atom stereocenters. The number of ether oxygens (including phenoxy) is 1. The lowest BCUT2D eigenvalue weighted by atomic mass is 9.98. The fourth-order valence-electron chi connectivity index (χ4n) is 2.14. The van der Waals surface area contributed by atoms with E-state index in [9.17, 15) is 0 Å². The Hall–Kier alpha value is -0.610. The zero-order valence-electron chi connectivity index (χ0n) is 9.99. The monoisotopic (exact) mass is 298 g/mol. The van der Waals surface area contributed by atoms with Crippen molar-refractivity contribution in [3.63, 3.8) is 0 Å². The molecule has 1 fully saturated rings. The highest BCUT2D eigenvalue weighted by Crippen LogP contribution is 2.20. The van der Waals surface area contributed by atoms with E-state index in [1.807, 2.05) is 12.1 Å². The van der Waals surface area contributed by atoms with Crippen LogP contribution in [0.4, 0.5) is 5.82 Å². The first-order valence-electron chi connectivity index (χ1n) is 6.32. The molecular weight excluding hydrogens is 280 g/mol. The molecule has 94 valence electrons. The van der Waals surface area contributed by atoms with Gasteiger partial charge in [0.1, 0.15) is 5.82 Å². The van der Waals surface area contributed by atoms with Crippen molar-refractivity contribution < 1.29 is 4.74 Å². The van der Waals surface area contributed by atoms with Gasteiger partial charge in [-0.3, -0.25) is 0 Å². The van der Waals surface area contributed by atoms with Crippen LogP contribution in [0.1, 0.15) is 32.1 Å². The van der Waals surface area contributed by atoms with Crippen molar-refractivity contribution in [1.82, 2.24) is 4.98 Å². The Morgan fingerprint density at radius 3 is 2.94 bits per heavy atom. The Balaban J connectivity index is 1.64. The van der Waals surface area contributed by atoms with E-state index >= 15 is 0 Å². The predicted molar refractivity (Wildman–Crippen MR) is 73.3 cm³/mol. The topological polar surface area (TPSA) is 34.2 Å². The normalized spacial score (nSPS) is 17.0. The van der Waals surface area contributed by atoms with Gasteiger partial charge in [-0.15, -0.1) is 0 Å². The van der Waals surface area contributed by atoms with E-state index in [2.05, 4.69) is 26.2 Å². The summed E-state index contributed by atoms with van der Waals surface area (Å²) in [6.45, 7) is 1.57. The number of rotatable bonds is 5. The molecule has 4 heteroatoms. The van der Waals surface area contributed by atoms with Gasteiger partial charge in [0, 0.05) is 12.7 Å². The Morgan fingerprint density at radius 1 is 1.35 bits per heavy atom. The molecule has 0 atom stereocenters. The Labute approximate surface area is 111 Å². The van der Waals surface area contributed by atoms with Crippen molar-refractivity contribution in [2.24, 2.45) is 0 Å². The zero-order valence-corrected chi connectivity index (χ0v) is 11.6. The third-order valence-corrected chi connectivity index (χ3v) is 3.70. The average Bonchev–Trinajstić information content (AvgIpc) is 2.38. The Morgan fingerprint density at radius 2 is 2.18 bits per heavy atom. The van der Waals surface area contributed by atoms with Crippen LogP contribution in [-0.4, -0.2) is 24.2 Å². The molecule has 3 nitrogen and oxygen atoms in total. The molecule has 1 aliphatic carbocycles. The average molecular weight is 299 g/mol. The summed E-state index contributed by atoms with van der Waals surface area (Å²) in [5.74, 6) is 0.889. The second-order valence-electron chi connectivity index (χ2n) is 4.39. The van der Waals surface area contributed by atoms with E-state index in [0.29, 0.717) is 6.10 Å². The number of aromatic nitrogens is 1. The first kappa shape index (κ1) is 12.8. The van der Waals surface area contributed by atoms with Gasteiger partial charge in [-0.25, -0.2) is 4.98 Å². The lowest BCUT2D eigenvalue weighted by Gasteiger charge is -2.22. The van der Waals surface area contributed by atoms with E-state index in [1.54, 1.807) is 6.20 Å². The van der Waals surface area contributed by atoms with E-state index in [-0.39, 0.29) is 0 Å². The van der Waals surface area contributed by atoms with Gasteiger partial charge in [0.05, 0.1) is 17.2 Å². The minimum absolute atomic E-state index is 0.484. The molecule has 0 radical (unpaired) electrons. The van der Waals surface area contributed by atoms with Crippen LogP contribution in [0.5, 0.6) is 0 Å². The van der Waals surface area contributed by atoms with Gasteiger partial charge in [0.2, 0.25) is 0 Å². The number of hydrogen-bond donors (Lipinski definition) is 1. The van der Waals surface area contributed by atoms with E-state index in [1.165, 1.54) is 32.1 Å². The minimum atomic E-state index is 0.484. The van der Waals surface area contributed by atoms with Gasteiger partial charge in [-0.1, -0.05) is 19.3 Å². The van der Waals surface area contributed by atoms with Gasteiger partial charge in [0.15, 0.2) is 0 Å². The summed E-state index contributed by atoms with van der Waals surface area (Å²) in [5.41, 5.74) is 0. The molecule has 0 aromatic carbocycles. The minimum Gasteiger partial charge on any atom is -0.376 e. The van der Waals surface area contributed by atoms with Crippen LogP contribution >= 0.6 is 15.9 Å². The van der Waals surface area contributed by atoms with Gasteiger partial charge >= 0.3 is 0 Å². The predicted octanol–water partition coefficient (Wildman–Crippen LogP) is 3.61. The lowest BCUT2D eigenvalue weighted by Crippen LogP contribution is -2.20. The van der Waals surface area contributed by atoms with E-state index in [0.717, 1.165) is 23.4 Å². The number of nitrogens with one attached hydrogen (secondary N) is 1. The summed E-state index contributed by atoms with van der Waals surface area (Å²) in [6.07, 6.45) is 8.75. The van der Waals surface area contributed by atoms with Crippen LogP contribution in [-0.2, 0) is 4.74 Å². The van der Waals surface area contributed by atoms with Crippen LogP contribution in [0, 0.1) is 0 Å². The van der Waals surface area contributed by atoms with Crippen LogP contribution in [0.15, 0.2) is 22.8 Å². The third-order valence-electron chi connectivity index (χ3n) is 3.06. The highest BCUT2D eigenvalue weighted by Gasteiger charge is 2.13. The molecule has 0 saturated heterocycles. The molecule has 1 saturated carbocycles. The van der Waals surface area contributed by atoms with Gasteiger partial charge in [0.25, 0.3) is 0 Å². The van der Waals surface area contributed by atoms with Crippen molar-refractivity contribution in [2.75, 3.05) is 18.5 Å². The molecule has 1 aliphatic rings. The number of anilines is 1. The van der Waals surface area contributed by atoms with Crippen LogP contribution in [0.3, 0.4) is 0 Å². The second kappa shape index (κ2) is 6.97. The maximum Gasteiger partial charge on any atom is 0.140 e. The molecule has 0 spiro atoms. The van der Waals surface area contributed by atoms with Crippen molar-refractivity contribution in [1.29, 1.82) is 0 Å². The van der Waals surface area contributed by atoms with E-state index in [4.69, 9.17) is 4.74 Å². The Bertz CT molecular complexity index is 340. The number of hydrogen-bond acceptors (Lipinski definition) is 3. The second-order valence-corrected chi connectivity index (χ2v) is 5.25. The molecular formula is C13H19BrN2O. The van der Waals surface area contributed by atoms with Crippen LogP contribution in [0.2, 0.25) is 0 Å². The summed E-state index contributed by atoms with van der Waals surface area (Å²) in [7, 11) is 0. The molecule has 0 amide bonds. The van der Waals surface area contributed by atoms with Gasteiger partial charge < -0.3 is 10.1 Å². The summed E-state index contributed by atoms with van der Waals surface area (Å²) in [6, 6.07) is 3.89. The summed E-state index contributed by atoms with van der Waals surface area (Å²) < 4.78 is 6.84. The molecule has 1 N–H and O–H groups in total. The third kappa shape index (κ3) is 4.28. The summed E-state index contributed by atoms with van der Waals surface area (Å²) in [4.78, 5) is 4.25. The van der Waals surface area contributed by atoms with Crippen LogP contribution in [0.25, 0.3) is 0 Å². The van der Waals surface area contributed by atoms with Crippen molar-refractivity contribution in [3.05, 3.63) is 22.8 Å². The number of halogens is 1. The smallest absolute Gasteiger partial charge is 0.140 e. The maximum atomic E-state index is 5.84. The van der Waals surface area contributed by atoms with E-state index < -0.39 is 0 Å². The lowest BCUT2D eigenvalue weighted by molar-refractivity contribution is 0.0347. The molecule has 1 aromatic heterocycles. The molecule has 1 heterocycles.